The molecule has 0 saturated carbocycles. The van der Waals surface area contributed by atoms with E-state index in [0.29, 0.717) is 23.6 Å². The lowest BCUT2D eigenvalue weighted by Gasteiger charge is -2.11. The van der Waals surface area contributed by atoms with Gasteiger partial charge in [-0.05, 0) is 41.1 Å². The third kappa shape index (κ3) is 3.29. The van der Waals surface area contributed by atoms with Gasteiger partial charge in [0.25, 0.3) is 0 Å². The van der Waals surface area contributed by atoms with Gasteiger partial charge in [-0.25, -0.2) is 14.4 Å². The summed E-state index contributed by atoms with van der Waals surface area (Å²) < 4.78 is 14.4. The van der Waals surface area contributed by atoms with Crippen LogP contribution in [-0.2, 0) is 6.54 Å². The molecule has 0 amide bonds. The van der Waals surface area contributed by atoms with Crippen molar-refractivity contribution in [2.75, 3.05) is 5.32 Å². The van der Waals surface area contributed by atoms with Crippen molar-refractivity contribution >= 4 is 38.8 Å². The van der Waals surface area contributed by atoms with Gasteiger partial charge in [-0.2, -0.15) is 0 Å². The Kier molecular flexibility index (Phi) is 4.61. The highest BCUT2D eigenvalue weighted by molar-refractivity contribution is 9.10. The number of nitrogens with zero attached hydrogens (tertiary/aromatic N) is 2. The van der Waals surface area contributed by atoms with Crippen LogP contribution >= 0.6 is 28.1 Å². The highest BCUT2D eigenvalue weighted by Crippen LogP contribution is 2.27. The molecular weight excluding hydrogens is 343 g/mol. The molecule has 3 N–H and O–H groups in total. The van der Waals surface area contributed by atoms with Gasteiger partial charge in [0.15, 0.2) is 5.82 Å². The van der Waals surface area contributed by atoms with E-state index in [9.17, 15) is 4.39 Å². The van der Waals surface area contributed by atoms with Crippen LogP contribution in [0.4, 0.5) is 10.1 Å². The van der Waals surface area contributed by atoms with Gasteiger partial charge in [-0.15, -0.1) is 0 Å². The van der Waals surface area contributed by atoms with E-state index in [4.69, 9.17) is 18.0 Å². The van der Waals surface area contributed by atoms with Crippen LogP contribution in [0.25, 0.3) is 0 Å². The Balaban J connectivity index is 2.18. The molecule has 7 heteroatoms. The van der Waals surface area contributed by atoms with E-state index in [-0.39, 0.29) is 9.46 Å². The van der Waals surface area contributed by atoms with E-state index in [0.717, 1.165) is 5.69 Å². The summed E-state index contributed by atoms with van der Waals surface area (Å²) in [4.78, 5) is 8.39. The summed E-state index contributed by atoms with van der Waals surface area (Å²) in [6, 6.07) is 5.04. The van der Waals surface area contributed by atoms with Gasteiger partial charge in [0.2, 0.25) is 0 Å². The number of hydrogen-bond acceptors (Lipinski definition) is 4. The molecule has 2 rings (SSSR count). The van der Waals surface area contributed by atoms with Gasteiger partial charge in [-0.3, -0.25) is 0 Å². The van der Waals surface area contributed by atoms with Gasteiger partial charge < -0.3 is 11.1 Å². The average molecular weight is 355 g/mol. The molecule has 1 heterocycles. The molecule has 0 spiro atoms. The quantitative estimate of drug-likeness (QED) is 0.826. The molecule has 1 aromatic carbocycles. The monoisotopic (exact) mass is 354 g/mol. The lowest BCUT2D eigenvalue weighted by atomic mass is 10.2. The maximum Gasteiger partial charge on any atom is 0.161 e. The van der Waals surface area contributed by atoms with Crippen molar-refractivity contribution in [3.63, 3.8) is 0 Å². The first-order valence-corrected chi connectivity index (χ1v) is 6.99. The van der Waals surface area contributed by atoms with Crippen molar-refractivity contribution in [2.45, 2.75) is 13.5 Å². The molecule has 1 aromatic heterocycles. The number of halogens is 2. The van der Waals surface area contributed by atoms with Crippen molar-refractivity contribution in [3.05, 3.63) is 51.8 Å². The second kappa shape index (κ2) is 6.23. The SMILES string of the molecule is Cc1nccc(CNc2ccc(C(N)=S)c(Br)c2F)n1. The maximum absolute atomic E-state index is 14.1. The minimum Gasteiger partial charge on any atom is -0.389 e. The van der Waals surface area contributed by atoms with Crippen LogP contribution in [0.15, 0.2) is 28.9 Å². The Morgan fingerprint density at radius 3 is 2.85 bits per heavy atom. The molecule has 0 aliphatic carbocycles. The standard InChI is InChI=1S/C13H12BrFN4S/c1-7-17-5-4-8(19-7)6-18-10-3-2-9(13(16)20)11(14)12(10)15/h2-5,18H,6H2,1H3,(H2,16,20). The van der Waals surface area contributed by atoms with Crippen LogP contribution in [0.5, 0.6) is 0 Å². The van der Waals surface area contributed by atoms with Crippen LogP contribution < -0.4 is 11.1 Å². The fraction of sp³-hybridized carbons (Fsp3) is 0.154. The number of thiocarbonyl (C=S) groups is 1. The Labute approximate surface area is 129 Å². The van der Waals surface area contributed by atoms with Crippen LogP contribution in [0.3, 0.4) is 0 Å². The van der Waals surface area contributed by atoms with E-state index in [2.05, 4.69) is 31.2 Å². The molecule has 104 valence electrons. The minimum absolute atomic E-state index is 0.147. The zero-order valence-corrected chi connectivity index (χ0v) is 13.1. The van der Waals surface area contributed by atoms with E-state index in [1.165, 1.54) is 0 Å². The number of anilines is 1. The number of nitrogens with one attached hydrogen (secondary N) is 1. The van der Waals surface area contributed by atoms with Crippen molar-refractivity contribution < 1.29 is 4.39 Å². The first-order valence-electron chi connectivity index (χ1n) is 5.79. The fourth-order valence-corrected chi connectivity index (χ4v) is 2.53. The van der Waals surface area contributed by atoms with Crippen LogP contribution in [0, 0.1) is 12.7 Å². The van der Waals surface area contributed by atoms with Crippen LogP contribution in [0.1, 0.15) is 17.1 Å². The van der Waals surface area contributed by atoms with Crippen molar-refractivity contribution in [2.24, 2.45) is 5.73 Å². The largest absolute Gasteiger partial charge is 0.389 e. The normalized spacial score (nSPS) is 10.3. The highest BCUT2D eigenvalue weighted by Gasteiger charge is 2.12. The summed E-state index contributed by atoms with van der Waals surface area (Å²) in [6.45, 7) is 2.21. The molecule has 0 unspecified atom stereocenters. The lowest BCUT2D eigenvalue weighted by Crippen LogP contribution is -2.12. The first kappa shape index (κ1) is 14.8. The zero-order chi connectivity index (χ0) is 14.7. The second-order valence-corrected chi connectivity index (χ2v) is 5.33. The molecule has 0 bridgehead atoms. The van der Waals surface area contributed by atoms with Crippen LogP contribution in [-0.4, -0.2) is 15.0 Å². The summed E-state index contributed by atoms with van der Waals surface area (Å²) in [5.41, 5.74) is 7.12. The molecule has 0 aliphatic heterocycles. The summed E-state index contributed by atoms with van der Waals surface area (Å²) >= 11 is 8.01. The predicted molar refractivity (Wildman–Crippen MR) is 84.1 cm³/mol. The van der Waals surface area contributed by atoms with E-state index in [1.54, 1.807) is 31.3 Å². The molecule has 4 nitrogen and oxygen atoms in total. The van der Waals surface area contributed by atoms with E-state index in [1.807, 2.05) is 0 Å². The minimum atomic E-state index is -0.430. The second-order valence-electron chi connectivity index (χ2n) is 4.10. The number of rotatable bonds is 4. The zero-order valence-electron chi connectivity index (χ0n) is 10.7. The molecule has 0 fully saturated rings. The van der Waals surface area contributed by atoms with Gasteiger partial charge in [-0.1, -0.05) is 12.2 Å². The lowest BCUT2D eigenvalue weighted by molar-refractivity contribution is 0.623. The van der Waals surface area contributed by atoms with Gasteiger partial charge in [0, 0.05) is 11.8 Å². The summed E-state index contributed by atoms with van der Waals surface area (Å²) in [5.74, 6) is 0.246. The maximum atomic E-state index is 14.1. The van der Waals surface area contributed by atoms with Crippen LogP contribution in [0.2, 0.25) is 0 Å². The number of aromatic nitrogens is 2. The summed E-state index contributed by atoms with van der Waals surface area (Å²) in [6.07, 6.45) is 1.67. The molecule has 2 aromatic rings. The van der Waals surface area contributed by atoms with Crippen molar-refractivity contribution in [1.29, 1.82) is 0 Å². The van der Waals surface area contributed by atoms with E-state index >= 15 is 0 Å². The Bertz CT molecular complexity index is 663. The average Bonchev–Trinajstić information content (AvgIpc) is 2.40. The number of hydrogen-bond donors (Lipinski definition) is 2. The smallest absolute Gasteiger partial charge is 0.161 e. The van der Waals surface area contributed by atoms with Gasteiger partial charge >= 0.3 is 0 Å². The fourth-order valence-electron chi connectivity index (χ4n) is 1.67. The summed E-state index contributed by atoms with van der Waals surface area (Å²) in [5, 5.41) is 2.98. The predicted octanol–water partition coefficient (Wildman–Crippen LogP) is 2.93. The number of nitrogens with two attached hydrogens (primary N) is 1. The summed E-state index contributed by atoms with van der Waals surface area (Å²) in [7, 11) is 0. The van der Waals surface area contributed by atoms with Crippen molar-refractivity contribution in [3.8, 4) is 0 Å². The Morgan fingerprint density at radius 2 is 2.20 bits per heavy atom. The number of benzene rings is 1. The highest BCUT2D eigenvalue weighted by atomic mass is 79.9. The Hall–Kier alpha value is -1.60. The topological polar surface area (TPSA) is 63.8 Å². The van der Waals surface area contributed by atoms with Gasteiger partial charge in [0.05, 0.1) is 22.4 Å². The first-order chi connectivity index (χ1) is 9.49. The molecule has 20 heavy (non-hydrogen) atoms. The molecular formula is C13H12BrFN4S. The Morgan fingerprint density at radius 1 is 1.45 bits per heavy atom. The third-order valence-corrected chi connectivity index (χ3v) is 3.64. The van der Waals surface area contributed by atoms with Crippen molar-refractivity contribution in [1.82, 2.24) is 9.97 Å². The van der Waals surface area contributed by atoms with Gasteiger partial charge in [0.1, 0.15) is 10.8 Å². The molecule has 0 radical (unpaired) electrons. The molecule has 0 saturated heterocycles. The van der Waals surface area contributed by atoms with E-state index < -0.39 is 5.82 Å². The number of aryl methyl sites for hydroxylation is 1. The molecule has 0 atom stereocenters. The third-order valence-electron chi connectivity index (χ3n) is 2.64. The molecule has 0 aliphatic rings.